The Kier molecular flexibility index (Phi) is 7.08. The minimum atomic E-state index is -1.66. The van der Waals surface area contributed by atoms with Gasteiger partial charge in [-0.3, -0.25) is 4.79 Å². The number of rotatable bonds is 6. The van der Waals surface area contributed by atoms with E-state index in [9.17, 15) is 19.5 Å². The third-order valence-electron chi connectivity index (χ3n) is 5.50. The lowest BCUT2D eigenvalue weighted by atomic mass is 9.78. The number of aromatic nitrogens is 3. The number of likely N-dealkylation sites (tertiary alicyclic amines) is 1. The number of halogens is 1. The molecular formula is C22H28FN5O6. The predicted molar refractivity (Wildman–Crippen MR) is 118 cm³/mol. The van der Waals surface area contributed by atoms with E-state index in [1.807, 2.05) is 0 Å². The number of amides is 2. The Morgan fingerprint density at radius 2 is 2.00 bits per heavy atom. The largest absolute Gasteiger partial charge is 0.471 e. The number of esters is 1. The molecule has 1 unspecified atom stereocenters. The van der Waals surface area contributed by atoms with E-state index in [1.54, 1.807) is 27.7 Å². The molecule has 3 rings (SSSR count). The highest BCUT2D eigenvalue weighted by molar-refractivity contribution is 5.95. The molecule has 3 N–H and O–H groups in total. The lowest BCUT2D eigenvalue weighted by molar-refractivity contribution is -0.0526. The Bertz CT molecular complexity index is 1080. The quantitative estimate of drug-likeness (QED) is 0.602. The minimum Gasteiger partial charge on any atom is -0.471 e. The molecule has 1 saturated heterocycles. The molecule has 2 aromatic heterocycles. The molecule has 0 aliphatic carbocycles. The van der Waals surface area contributed by atoms with Crippen LogP contribution in [0.25, 0.3) is 5.69 Å². The highest BCUT2D eigenvalue weighted by atomic mass is 19.1. The van der Waals surface area contributed by atoms with Gasteiger partial charge in [0.05, 0.1) is 36.3 Å². The van der Waals surface area contributed by atoms with Crippen molar-refractivity contribution >= 4 is 18.0 Å². The summed E-state index contributed by atoms with van der Waals surface area (Å²) in [5, 5.41) is 13.6. The molecule has 0 aromatic carbocycles. The van der Waals surface area contributed by atoms with Gasteiger partial charge in [-0.25, -0.2) is 23.6 Å². The SMILES string of the molecule is CCOC(=O)c1cnn(-c2cnc(O[C@@H]3CCN(C(=O)O)C(C(C)(C)C)[C@@H]3F)c(C(N)=O)c2)c1. The number of carbonyl (C=O) groups excluding carboxylic acids is 2. The fourth-order valence-corrected chi connectivity index (χ4v) is 3.99. The van der Waals surface area contributed by atoms with Crippen LogP contribution in [0.1, 0.15) is 54.8 Å². The second-order valence-corrected chi connectivity index (χ2v) is 8.98. The summed E-state index contributed by atoms with van der Waals surface area (Å²) in [7, 11) is 0. The van der Waals surface area contributed by atoms with Crippen LogP contribution in [0, 0.1) is 5.41 Å². The second kappa shape index (κ2) is 9.65. The van der Waals surface area contributed by atoms with Crippen LogP contribution in [0.2, 0.25) is 0 Å². The van der Waals surface area contributed by atoms with Crippen molar-refractivity contribution in [2.45, 2.75) is 52.4 Å². The minimum absolute atomic E-state index is 0.0657. The molecule has 11 nitrogen and oxygen atoms in total. The van der Waals surface area contributed by atoms with E-state index in [0.717, 1.165) is 4.90 Å². The number of carbonyl (C=O) groups is 3. The molecule has 1 aliphatic heterocycles. The number of pyridine rings is 1. The number of piperidine rings is 1. The van der Waals surface area contributed by atoms with Crippen LogP contribution in [0.4, 0.5) is 9.18 Å². The summed E-state index contributed by atoms with van der Waals surface area (Å²) in [6.45, 7) is 7.20. The third-order valence-corrected chi connectivity index (χ3v) is 5.50. The lowest BCUT2D eigenvalue weighted by Crippen LogP contribution is -2.60. The monoisotopic (exact) mass is 477 g/mol. The van der Waals surface area contributed by atoms with E-state index in [4.69, 9.17) is 15.2 Å². The van der Waals surface area contributed by atoms with Crippen LogP contribution < -0.4 is 10.5 Å². The van der Waals surface area contributed by atoms with Gasteiger partial charge in [0, 0.05) is 19.2 Å². The van der Waals surface area contributed by atoms with Gasteiger partial charge in [0.25, 0.3) is 5.91 Å². The molecule has 0 spiro atoms. The van der Waals surface area contributed by atoms with Gasteiger partial charge in [-0.05, 0) is 18.4 Å². The van der Waals surface area contributed by atoms with E-state index in [2.05, 4.69) is 10.1 Å². The Morgan fingerprint density at radius 1 is 1.29 bits per heavy atom. The first-order chi connectivity index (χ1) is 15.9. The maximum atomic E-state index is 15.5. The van der Waals surface area contributed by atoms with Gasteiger partial charge >= 0.3 is 12.1 Å². The summed E-state index contributed by atoms with van der Waals surface area (Å²) in [5.41, 5.74) is 5.24. The average molecular weight is 477 g/mol. The molecule has 2 aromatic rings. The molecule has 1 fully saturated rings. The summed E-state index contributed by atoms with van der Waals surface area (Å²) in [6, 6.07) is 0.415. The maximum absolute atomic E-state index is 15.5. The first-order valence-corrected chi connectivity index (χ1v) is 10.8. The number of nitrogens with zero attached hydrogens (tertiary/aromatic N) is 4. The van der Waals surface area contributed by atoms with Crippen LogP contribution in [0.15, 0.2) is 24.7 Å². The summed E-state index contributed by atoms with van der Waals surface area (Å²) >= 11 is 0. The number of primary amides is 1. The van der Waals surface area contributed by atoms with Crippen LogP contribution >= 0.6 is 0 Å². The molecule has 184 valence electrons. The van der Waals surface area contributed by atoms with Crippen LogP contribution in [0.3, 0.4) is 0 Å². The van der Waals surface area contributed by atoms with Gasteiger partial charge in [0.15, 0.2) is 6.17 Å². The zero-order chi connectivity index (χ0) is 25.2. The number of alkyl halides is 1. The van der Waals surface area contributed by atoms with Crippen molar-refractivity contribution in [3.8, 4) is 11.6 Å². The zero-order valence-corrected chi connectivity index (χ0v) is 19.4. The van der Waals surface area contributed by atoms with E-state index in [-0.39, 0.29) is 36.6 Å². The van der Waals surface area contributed by atoms with Gasteiger partial charge < -0.3 is 25.2 Å². The molecule has 0 bridgehead atoms. The molecule has 12 heteroatoms. The predicted octanol–water partition coefficient (Wildman–Crippen LogP) is 2.43. The van der Waals surface area contributed by atoms with Gasteiger partial charge in [0.2, 0.25) is 5.88 Å². The molecule has 34 heavy (non-hydrogen) atoms. The Balaban J connectivity index is 1.87. The number of ether oxygens (including phenoxy) is 2. The average Bonchev–Trinajstić information content (AvgIpc) is 3.24. The van der Waals surface area contributed by atoms with Gasteiger partial charge in [-0.15, -0.1) is 0 Å². The second-order valence-electron chi connectivity index (χ2n) is 8.98. The van der Waals surface area contributed by atoms with Crippen LogP contribution in [-0.2, 0) is 4.74 Å². The molecule has 1 aliphatic rings. The summed E-state index contributed by atoms with van der Waals surface area (Å²) in [4.78, 5) is 40.8. The van der Waals surface area contributed by atoms with Gasteiger partial charge in [-0.1, -0.05) is 20.8 Å². The molecule has 2 amide bonds. The molecule has 0 saturated carbocycles. The number of hydrogen-bond acceptors (Lipinski definition) is 7. The van der Waals surface area contributed by atoms with Crippen molar-refractivity contribution in [1.29, 1.82) is 0 Å². The van der Waals surface area contributed by atoms with Crippen LogP contribution in [0.5, 0.6) is 5.88 Å². The number of hydrogen-bond donors (Lipinski definition) is 2. The van der Waals surface area contributed by atoms with Gasteiger partial charge in [0.1, 0.15) is 11.7 Å². The van der Waals surface area contributed by atoms with E-state index < -0.39 is 41.7 Å². The van der Waals surface area contributed by atoms with E-state index >= 15 is 4.39 Å². The number of nitrogens with two attached hydrogens (primary N) is 1. The van der Waals surface area contributed by atoms with Crippen molar-refractivity contribution in [1.82, 2.24) is 19.7 Å². The molecule has 0 radical (unpaired) electrons. The summed E-state index contributed by atoms with van der Waals surface area (Å²) in [6.07, 6.45) is 0.231. The summed E-state index contributed by atoms with van der Waals surface area (Å²) < 4.78 is 27.5. The lowest BCUT2D eigenvalue weighted by Gasteiger charge is -2.46. The maximum Gasteiger partial charge on any atom is 0.407 e. The Hall–Kier alpha value is -3.70. The van der Waals surface area contributed by atoms with Crippen molar-refractivity contribution in [2.24, 2.45) is 11.1 Å². The highest BCUT2D eigenvalue weighted by Crippen LogP contribution is 2.36. The summed E-state index contributed by atoms with van der Waals surface area (Å²) in [5.74, 6) is -1.57. The fourth-order valence-electron chi connectivity index (χ4n) is 3.99. The molecule has 3 atom stereocenters. The third kappa shape index (κ3) is 5.10. The van der Waals surface area contributed by atoms with Crippen molar-refractivity contribution < 1.29 is 33.4 Å². The topological polar surface area (TPSA) is 150 Å². The fraction of sp³-hybridized carbons (Fsp3) is 0.500. The number of carboxylic acid groups (broad SMARTS) is 1. The van der Waals surface area contributed by atoms with Gasteiger partial charge in [-0.2, -0.15) is 5.10 Å². The molecule has 3 heterocycles. The van der Waals surface area contributed by atoms with Crippen LogP contribution in [-0.4, -0.2) is 74.2 Å². The van der Waals surface area contributed by atoms with E-state index in [1.165, 1.54) is 29.3 Å². The van der Waals surface area contributed by atoms with Crippen molar-refractivity contribution in [2.75, 3.05) is 13.2 Å². The first kappa shape index (κ1) is 24.9. The normalized spacial score (nSPS) is 20.6. The standard InChI is InChI=1S/C22H28FN5O6/c1-5-33-20(30)12-9-26-28(11-12)13-8-14(18(24)29)19(25-10-13)34-15-6-7-27(21(31)32)17(16(15)23)22(2,3)4/h8-11,15-17H,5-7H2,1-4H3,(H2,24,29)(H,31,32)/t15-,16-,17?/m1/s1. The van der Waals surface area contributed by atoms with Crippen molar-refractivity contribution in [3.63, 3.8) is 0 Å². The zero-order valence-electron chi connectivity index (χ0n) is 19.4. The Morgan fingerprint density at radius 3 is 2.59 bits per heavy atom. The molecular weight excluding hydrogens is 449 g/mol. The first-order valence-electron chi connectivity index (χ1n) is 10.8. The van der Waals surface area contributed by atoms with Crippen molar-refractivity contribution in [3.05, 3.63) is 35.8 Å². The highest BCUT2D eigenvalue weighted by Gasteiger charge is 2.48. The Labute approximate surface area is 195 Å². The smallest absolute Gasteiger partial charge is 0.407 e. The van der Waals surface area contributed by atoms with E-state index in [0.29, 0.717) is 5.69 Å².